The predicted octanol–water partition coefficient (Wildman–Crippen LogP) is 1.72. The van der Waals surface area contributed by atoms with Gasteiger partial charge in [-0.25, -0.2) is 4.68 Å². The topological polar surface area (TPSA) is 71.2 Å². The van der Waals surface area contributed by atoms with E-state index in [4.69, 9.17) is 16.7 Å². The Morgan fingerprint density at radius 2 is 2.19 bits per heavy atom. The highest BCUT2D eigenvalue weighted by Crippen LogP contribution is 2.26. The van der Waals surface area contributed by atoms with Crippen LogP contribution in [0.5, 0.6) is 5.75 Å². The summed E-state index contributed by atoms with van der Waals surface area (Å²) in [6.45, 7) is -0.195. The van der Waals surface area contributed by atoms with Gasteiger partial charge in [-0.05, 0) is 40.8 Å². The Hall–Kier alpha value is -0.860. The summed E-state index contributed by atoms with van der Waals surface area (Å²) in [5.74, 6) is 0.0525. The first-order valence-electron chi connectivity index (χ1n) is 4.33. The third-order valence-electron chi connectivity index (χ3n) is 1.99. The average Bonchev–Trinajstić information content (AvgIpc) is 2.63. The van der Waals surface area contributed by atoms with Gasteiger partial charge in [0.1, 0.15) is 20.8 Å². The molecule has 0 aliphatic heterocycles. The first-order valence-corrected chi connectivity index (χ1v) is 5.79. The number of halogens is 2. The Labute approximate surface area is 110 Å². The minimum absolute atomic E-state index is 0.0525. The third-order valence-corrected chi connectivity index (χ3v) is 3.31. The van der Waals surface area contributed by atoms with E-state index in [9.17, 15) is 5.11 Å². The van der Waals surface area contributed by atoms with Crippen molar-refractivity contribution in [2.45, 2.75) is 6.61 Å². The van der Waals surface area contributed by atoms with E-state index in [1.54, 1.807) is 12.1 Å². The standard InChI is InChI=1S/C9H7ClIN3O2/c10-5-1-2-8(16)7(3-5)14-9(11)6(4-15)12-13-14/h1-3,15-16H,4H2. The van der Waals surface area contributed by atoms with Crippen LogP contribution in [0.4, 0.5) is 0 Å². The second-order valence-electron chi connectivity index (χ2n) is 3.03. The molecule has 0 spiro atoms. The minimum Gasteiger partial charge on any atom is -0.506 e. The number of hydrogen-bond donors (Lipinski definition) is 2. The number of nitrogens with zero attached hydrogens (tertiary/aromatic N) is 3. The van der Waals surface area contributed by atoms with Crippen molar-refractivity contribution < 1.29 is 10.2 Å². The van der Waals surface area contributed by atoms with Crippen molar-refractivity contribution in [3.63, 3.8) is 0 Å². The van der Waals surface area contributed by atoms with Crippen LogP contribution in [0.15, 0.2) is 18.2 Å². The zero-order valence-corrected chi connectivity index (χ0v) is 10.8. The molecule has 0 aliphatic carbocycles. The predicted molar refractivity (Wildman–Crippen MR) is 66.7 cm³/mol. The van der Waals surface area contributed by atoms with Crippen LogP contribution in [0, 0.1) is 3.70 Å². The molecule has 1 aromatic carbocycles. The lowest BCUT2D eigenvalue weighted by atomic mass is 10.3. The molecule has 5 nitrogen and oxygen atoms in total. The van der Waals surface area contributed by atoms with Gasteiger partial charge < -0.3 is 10.2 Å². The van der Waals surface area contributed by atoms with Gasteiger partial charge in [0, 0.05) is 5.02 Å². The Balaban J connectivity index is 2.58. The van der Waals surface area contributed by atoms with Gasteiger partial charge in [0.15, 0.2) is 0 Å². The molecule has 2 aromatic rings. The number of hydrogen-bond acceptors (Lipinski definition) is 4. The fourth-order valence-corrected chi connectivity index (χ4v) is 2.02. The number of phenols is 1. The summed E-state index contributed by atoms with van der Waals surface area (Å²) in [5.41, 5.74) is 0.893. The van der Waals surface area contributed by atoms with Crippen LogP contribution in [-0.2, 0) is 6.61 Å². The summed E-state index contributed by atoms with van der Waals surface area (Å²) in [5, 5.41) is 26.8. The molecule has 0 unspecified atom stereocenters. The first kappa shape index (κ1) is 11.6. The number of aliphatic hydroxyl groups is 1. The van der Waals surface area contributed by atoms with Gasteiger partial charge in [0.05, 0.1) is 6.61 Å². The zero-order valence-electron chi connectivity index (χ0n) is 7.93. The van der Waals surface area contributed by atoms with Crippen molar-refractivity contribution in [2.75, 3.05) is 0 Å². The SMILES string of the molecule is OCc1nnn(-c2cc(Cl)ccc2O)c1I. The molecule has 16 heavy (non-hydrogen) atoms. The lowest BCUT2D eigenvalue weighted by Crippen LogP contribution is -2.00. The second kappa shape index (κ2) is 4.56. The van der Waals surface area contributed by atoms with Crippen molar-refractivity contribution in [2.24, 2.45) is 0 Å². The Bertz CT molecular complexity index is 529. The van der Waals surface area contributed by atoms with Gasteiger partial charge in [0.2, 0.25) is 0 Å². The quantitative estimate of drug-likeness (QED) is 0.808. The van der Waals surface area contributed by atoms with Crippen LogP contribution in [0.25, 0.3) is 5.69 Å². The molecule has 0 saturated heterocycles. The average molecular weight is 352 g/mol. The fourth-order valence-electron chi connectivity index (χ4n) is 1.22. The summed E-state index contributed by atoms with van der Waals surface area (Å²) in [6, 6.07) is 4.64. The monoisotopic (exact) mass is 351 g/mol. The van der Waals surface area contributed by atoms with E-state index < -0.39 is 0 Å². The molecule has 1 heterocycles. The lowest BCUT2D eigenvalue weighted by Gasteiger charge is -2.05. The maximum absolute atomic E-state index is 9.68. The molecule has 0 bridgehead atoms. The number of aliphatic hydroxyl groups excluding tert-OH is 1. The largest absolute Gasteiger partial charge is 0.506 e. The van der Waals surface area contributed by atoms with E-state index in [-0.39, 0.29) is 12.4 Å². The maximum Gasteiger partial charge on any atom is 0.141 e. The van der Waals surface area contributed by atoms with E-state index in [1.807, 2.05) is 22.6 Å². The molecule has 0 fully saturated rings. The number of benzene rings is 1. The normalized spacial score (nSPS) is 10.7. The second-order valence-corrected chi connectivity index (χ2v) is 4.49. The molecule has 0 atom stereocenters. The minimum atomic E-state index is -0.195. The van der Waals surface area contributed by atoms with Gasteiger partial charge in [0.25, 0.3) is 0 Å². The molecular weight excluding hydrogens is 344 g/mol. The lowest BCUT2D eigenvalue weighted by molar-refractivity contribution is 0.276. The molecule has 1 aromatic heterocycles. The van der Waals surface area contributed by atoms with Gasteiger partial charge in [-0.1, -0.05) is 16.8 Å². The van der Waals surface area contributed by atoms with Gasteiger partial charge in [-0.2, -0.15) is 0 Å². The highest BCUT2D eigenvalue weighted by Gasteiger charge is 2.13. The van der Waals surface area contributed by atoms with E-state index in [1.165, 1.54) is 10.7 Å². The Kier molecular flexibility index (Phi) is 3.31. The Morgan fingerprint density at radius 1 is 1.44 bits per heavy atom. The molecule has 0 aliphatic rings. The van der Waals surface area contributed by atoms with Crippen molar-refractivity contribution in [3.8, 4) is 11.4 Å². The van der Waals surface area contributed by atoms with Crippen LogP contribution < -0.4 is 0 Å². The van der Waals surface area contributed by atoms with E-state index in [2.05, 4.69) is 10.3 Å². The number of rotatable bonds is 2. The maximum atomic E-state index is 9.68. The molecule has 2 rings (SSSR count). The van der Waals surface area contributed by atoms with E-state index in [0.29, 0.717) is 20.1 Å². The zero-order chi connectivity index (χ0) is 11.7. The van der Waals surface area contributed by atoms with Gasteiger partial charge >= 0.3 is 0 Å². The van der Waals surface area contributed by atoms with Crippen molar-refractivity contribution in [1.82, 2.24) is 15.0 Å². The van der Waals surface area contributed by atoms with Crippen LogP contribution in [-0.4, -0.2) is 25.2 Å². The molecule has 0 radical (unpaired) electrons. The molecular formula is C9H7ClIN3O2. The molecule has 0 amide bonds. The van der Waals surface area contributed by atoms with Crippen molar-refractivity contribution in [1.29, 1.82) is 0 Å². The van der Waals surface area contributed by atoms with Crippen LogP contribution >= 0.6 is 34.2 Å². The summed E-state index contributed by atoms with van der Waals surface area (Å²) < 4.78 is 2.06. The van der Waals surface area contributed by atoms with Crippen molar-refractivity contribution >= 4 is 34.2 Å². The number of aromatic hydroxyl groups is 1. The highest BCUT2D eigenvalue weighted by atomic mass is 127. The number of aromatic nitrogens is 3. The van der Waals surface area contributed by atoms with Gasteiger partial charge in [-0.3, -0.25) is 0 Å². The third kappa shape index (κ3) is 2.00. The Morgan fingerprint density at radius 3 is 2.81 bits per heavy atom. The van der Waals surface area contributed by atoms with E-state index >= 15 is 0 Å². The molecule has 0 saturated carbocycles. The first-order chi connectivity index (χ1) is 7.63. The summed E-state index contributed by atoms with van der Waals surface area (Å²) in [6.07, 6.45) is 0. The highest BCUT2D eigenvalue weighted by molar-refractivity contribution is 14.1. The summed E-state index contributed by atoms with van der Waals surface area (Å²) in [7, 11) is 0. The molecule has 7 heteroatoms. The van der Waals surface area contributed by atoms with E-state index in [0.717, 1.165) is 0 Å². The smallest absolute Gasteiger partial charge is 0.141 e. The van der Waals surface area contributed by atoms with Crippen molar-refractivity contribution in [3.05, 3.63) is 32.6 Å². The summed E-state index contributed by atoms with van der Waals surface area (Å²) in [4.78, 5) is 0. The molecule has 84 valence electrons. The fraction of sp³-hybridized carbons (Fsp3) is 0.111. The van der Waals surface area contributed by atoms with Gasteiger partial charge in [-0.15, -0.1) is 5.10 Å². The number of phenolic OH excluding ortho intramolecular Hbond substituents is 1. The van der Waals surface area contributed by atoms with Crippen LogP contribution in [0.1, 0.15) is 5.69 Å². The molecule has 2 N–H and O–H groups in total. The van der Waals surface area contributed by atoms with Crippen LogP contribution in [0.2, 0.25) is 5.02 Å². The van der Waals surface area contributed by atoms with Crippen LogP contribution in [0.3, 0.4) is 0 Å². The summed E-state index contributed by atoms with van der Waals surface area (Å²) >= 11 is 7.83.